The van der Waals surface area contributed by atoms with Gasteiger partial charge in [-0.1, -0.05) is 42.8 Å². The van der Waals surface area contributed by atoms with E-state index in [0.29, 0.717) is 22.4 Å². The average Bonchev–Trinajstić information content (AvgIpc) is 3.12. The van der Waals surface area contributed by atoms with E-state index in [9.17, 15) is 12.8 Å². The van der Waals surface area contributed by atoms with Crippen molar-refractivity contribution in [3.05, 3.63) is 70.1 Å². The molecule has 0 bridgehead atoms. The number of hydrogen-bond acceptors (Lipinski definition) is 2. The molecule has 142 valence electrons. The van der Waals surface area contributed by atoms with Gasteiger partial charge in [-0.05, 0) is 47.1 Å². The van der Waals surface area contributed by atoms with Crippen LogP contribution in [0.15, 0.2) is 42.6 Å². The lowest BCUT2D eigenvalue weighted by Gasteiger charge is -2.18. The van der Waals surface area contributed by atoms with Crippen molar-refractivity contribution in [1.82, 2.24) is 4.98 Å². The molecule has 1 aliphatic rings. The zero-order valence-electron chi connectivity index (χ0n) is 15.2. The van der Waals surface area contributed by atoms with Crippen LogP contribution in [0.3, 0.4) is 0 Å². The maximum absolute atomic E-state index is 14.7. The van der Waals surface area contributed by atoms with Gasteiger partial charge >= 0.3 is 0 Å². The summed E-state index contributed by atoms with van der Waals surface area (Å²) in [5, 5.41) is 1.34. The predicted molar refractivity (Wildman–Crippen MR) is 107 cm³/mol. The number of para-hydroxylation sites is 1. The molecule has 27 heavy (non-hydrogen) atoms. The number of sulfone groups is 1. The van der Waals surface area contributed by atoms with Crippen molar-refractivity contribution in [2.24, 2.45) is 11.8 Å². The minimum atomic E-state index is -3.15. The molecule has 1 aromatic heterocycles. The Bertz CT molecular complexity index is 1120. The monoisotopic (exact) mass is 405 g/mol. The van der Waals surface area contributed by atoms with Gasteiger partial charge in [0.25, 0.3) is 0 Å². The highest BCUT2D eigenvalue weighted by Crippen LogP contribution is 2.53. The van der Waals surface area contributed by atoms with Gasteiger partial charge in [0, 0.05) is 34.3 Å². The first-order valence-electron chi connectivity index (χ1n) is 8.96. The number of hydrogen-bond donors (Lipinski definition) is 1. The summed E-state index contributed by atoms with van der Waals surface area (Å²) in [6, 6.07) is 10.5. The SMILES string of the molecule is CC1CC1C(c1ccc(Cl)cc1F)c1c[nH]c2c(CS(C)(=O)=O)cccc12. The molecule has 0 saturated heterocycles. The van der Waals surface area contributed by atoms with Crippen LogP contribution in [-0.2, 0) is 15.6 Å². The molecule has 6 heteroatoms. The lowest BCUT2D eigenvalue weighted by molar-refractivity contribution is 0.569. The zero-order chi connectivity index (χ0) is 19.3. The number of nitrogens with one attached hydrogen (secondary N) is 1. The number of benzene rings is 2. The molecule has 3 unspecified atom stereocenters. The van der Waals surface area contributed by atoms with Crippen molar-refractivity contribution in [2.75, 3.05) is 6.26 Å². The van der Waals surface area contributed by atoms with Crippen LogP contribution in [0.1, 0.15) is 36.0 Å². The Hall–Kier alpha value is -1.85. The second-order valence-electron chi connectivity index (χ2n) is 7.67. The van der Waals surface area contributed by atoms with Gasteiger partial charge in [-0.25, -0.2) is 12.8 Å². The van der Waals surface area contributed by atoms with E-state index in [2.05, 4.69) is 11.9 Å². The van der Waals surface area contributed by atoms with Gasteiger partial charge in [0.05, 0.1) is 5.75 Å². The molecule has 2 aromatic carbocycles. The normalized spacial score (nSPS) is 20.7. The summed E-state index contributed by atoms with van der Waals surface area (Å²) >= 11 is 5.94. The molecule has 0 aliphatic heterocycles. The molecule has 1 saturated carbocycles. The summed E-state index contributed by atoms with van der Waals surface area (Å²) in [7, 11) is -3.15. The first kappa shape index (κ1) is 18.5. The largest absolute Gasteiger partial charge is 0.361 e. The van der Waals surface area contributed by atoms with Crippen molar-refractivity contribution in [2.45, 2.75) is 25.0 Å². The quantitative estimate of drug-likeness (QED) is 0.626. The summed E-state index contributed by atoms with van der Waals surface area (Å²) in [6.07, 6.45) is 4.18. The highest BCUT2D eigenvalue weighted by molar-refractivity contribution is 7.89. The summed E-state index contributed by atoms with van der Waals surface area (Å²) in [4.78, 5) is 3.24. The average molecular weight is 406 g/mol. The van der Waals surface area contributed by atoms with Crippen molar-refractivity contribution in [3.8, 4) is 0 Å². The molecule has 1 fully saturated rings. The topological polar surface area (TPSA) is 49.9 Å². The Morgan fingerprint density at radius 2 is 2.00 bits per heavy atom. The van der Waals surface area contributed by atoms with Gasteiger partial charge in [0.1, 0.15) is 5.82 Å². The van der Waals surface area contributed by atoms with Crippen LogP contribution in [0.5, 0.6) is 0 Å². The third-order valence-corrected chi connectivity index (χ3v) is 6.55. The maximum Gasteiger partial charge on any atom is 0.151 e. The number of fused-ring (bicyclic) bond motifs is 1. The van der Waals surface area contributed by atoms with Crippen LogP contribution in [0, 0.1) is 17.7 Å². The molecule has 3 atom stereocenters. The van der Waals surface area contributed by atoms with Crippen molar-refractivity contribution >= 4 is 32.3 Å². The summed E-state index contributed by atoms with van der Waals surface area (Å²) in [5.74, 6) is 0.476. The molecule has 1 aliphatic carbocycles. The smallest absolute Gasteiger partial charge is 0.151 e. The van der Waals surface area contributed by atoms with Crippen molar-refractivity contribution in [1.29, 1.82) is 0 Å². The van der Waals surface area contributed by atoms with E-state index < -0.39 is 9.84 Å². The Balaban J connectivity index is 1.86. The molecule has 1 heterocycles. The predicted octanol–water partition coefficient (Wildman–Crippen LogP) is 5.29. The van der Waals surface area contributed by atoms with Crippen LogP contribution in [0.4, 0.5) is 4.39 Å². The van der Waals surface area contributed by atoms with Gasteiger partial charge < -0.3 is 4.98 Å². The first-order valence-corrected chi connectivity index (χ1v) is 11.4. The van der Waals surface area contributed by atoms with E-state index in [1.165, 1.54) is 12.3 Å². The van der Waals surface area contributed by atoms with Gasteiger partial charge in [-0.15, -0.1) is 0 Å². The van der Waals surface area contributed by atoms with Gasteiger partial charge in [0.15, 0.2) is 9.84 Å². The number of rotatable bonds is 5. The van der Waals surface area contributed by atoms with Crippen molar-refractivity contribution < 1.29 is 12.8 Å². The fourth-order valence-electron chi connectivity index (χ4n) is 4.10. The van der Waals surface area contributed by atoms with Crippen LogP contribution >= 0.6 is 11.6 Å². The molecular weight excluding hydrogens is 385 g/mol. The lowest BCUT2D eigenvalue weighted by atomic mass is 9.85. The second-order valence-corrected chi connectivity index (χ2v) is 10.3. The van der Waals surface area contributed by atoms with E-state index in [1.54, 1.807) is 12.1 Å². The fourth-order valence-corrected chi connectivity index (χ4v) is 5.06. The second kappa shape index (κ2) is 6.64. The minimum Gasteiger partial charge on any atom is -0.361 e. The first-order chi connectivity index (χ1) is 12.7. The highest BCUT2D eigenvalue weighted by atomic mass is 35.5. The lowest BCUT2D eigenvalue weighted by Crippen LogP contribution is -2.07. The van der Waals surface area contributed by atoms with E-state index >= 15 is 0 Å². The Kier molecular flexibility index (Phi) is 4.55. The zero-order valence-corrected chi connectivity index (χ0v) is 16.7. The van der Waals surface area contributed by atoms with Gasteiger partial charge in [0.2, 0.25) is 0 Å². The van der Waals surface area contributed by atoms with Crippen molar-refractivity contribution in [3.63, 3.8) is 0 Å². The summed E-state index contributed by atoms with van der Waals surface area (Å²) in [5.41, 5.74) is 3.20. The summed E-state index contributed by atoms with van der Waals surface area (Å²) in [6.45, 7) is 2.18. The standard InChI is InChI=1S/C21H21ClFNO2S/c1-12-8-17(12)20(16-7-6-14(22)9-19(16)23)18-10-24-21-13(11-27(2,25)26)4-3-5-15(18)21/h3-7,9-10,12,17,20,24H,8,11H2,1-2H3. The van der Waals surface area contributed by atoms with E-state index in [0.717, 1.165) is 28.5 Å². The van der Waals surface area contributed by atoms with Crippen LogP contribution in [0.2, 0.25) is 5.02 Å². The Morgan fingerprint density at radius 1 is 1.26 bits per heavy atom. The Labute approximate surface area is 163 Å². The third kappa shape index (κ3) is 3.63. The van der Waals surface area contributed by atoms with Crippen LogP contribution in [-0.4, -0.2) is 19.7 Å². The molecule has 3 nitrogen and oxygen atoms in total. The number of H-pyrrole nitrogens is 1. The van der Waals surface area contributed by atoms with Gasteiger partial charge in [-0.2, -0.15) is 0 Å². The van der Waals surface area contributed by atoms with E-state index in [1.807, 2.05) is 24.4 Å². The number of aromatic amines is 1. The molecule has 1 N–H and O–H groups in total. The van der Waals surface area contributed by atoms with Gasteiger partial charge in [-0.3, -0.25) is 0 Å². The minimum absolute atomic E-state index is 0.0237. The van der Waals surface area contributed by atoms with Crippen LogP contribution in [0.25, 0.3) is 10.9 Å². The molecule has 0 amide bonds. The maximum atomic E-state index is 14.7. The van der Waals surface area contributed by atoms with E-state index in [-0.39, 0.29) is 17.5 Å². The highest BCUT2D eigenvalue weighted by Gasteiger charge is 2.42. The Morgan fingerprint density at radius 3 is 2.63 bits per heavy atom. The van der Waals surface area contributed by atoms with Crippen LogP contribution < -0.4 is 0 Å². The molecular formula is C21H21ClFNO2S. The summed E-state index contributed by atoms with van der Waals surface area (Å²) < 4.78 is 38.3. The molecule has 3 aromatic rings. The third-order valence-electron chi connectivity index (χ3n) is 5.48. The molecule has 0 radical (unpaired) electrons. The molecule has 0 spiro atoms. The molecule has 4 rings (SSSR count). The number of halogens is 2. The fraction of sp³-hybridized carbons (Fsp3) is 0.333. The number of aromatic nitrogens is 1. The van der Waals surface area contributed by atoms with E-state index in [4.69, 9.17) is 11.6 Å².